The van der Waals surface area contributed by atoms with Gasteiger partial charge in [0.25, 0.3) is 0 Å². The van der Waals surface area contributed by atoms with Crippen LogP contribution in [0.15, 0.2) is 212 Å². The average Bonchev–Trinajstić information content (AvgIpc) is 3.51. The van der Waals surface area contributed by atoms with Crippen LogP contribution in [0.5, 0.6) is 0 Å². The third-order valence-corrected chi connectivity index (χ3v) is 15.1. The van der Waals surface area contributed by atoms with Crippen LogP contribution in [0.3, 0.4) is 0 Å². The van der Waals surface area contributed by atoms with Crippen LogP contribution in [-0.4, -0.2) is 8.07 Å². The molecule has 0 saturated carbocycles. The van der Waals surface area contributed by atoms with Crippen molar-refractivity contribution < 1.29 is 0 Å². The van der Waals surface area contributed by atoms with Gasteiger partial charge in [-0.25, -0.2) is 0 Å². The molecule has 0 N–H and O–H groups in total. The molecule has 0 aliphatic carbocycles. The summed E-state index contributed by atoms with van der Waals surface area (Å²) in [5.74, 6) is 0. The smallest absolute Gasteiger partial charge is 0.180 e. The summed E-state index contributed by atoms with van der Waals surface area (Å²) in [6.07, 6.45) is 0. The van der Waals surface area contributed by atoms with Crippen LogP contribution in [0.2, 0.25) is 0 Å². The van der Waals surface area contributed by atoms with Crippen LogP contribution in [0.25, 0.3) is 33.4 Å². The van der Waals surface area contributed by atoms with E-state index < -0.39 is 8.07 Å². The highest BCUT2D eigenvalue weighted by Crippen LogP contribution is 2.37. The first-order chi connectivity index (χ1) is 24.8. The summed E-state index contributed by atoms with van der Waals surface area (Å²) in [5, 5.41) is 5.73. The first-order valence-corrected chi connectivity index (χ1v) is 19.3. The van der Waals surface area contributed by atoms with Crippen molar-refractivity contribution in [1.82, 2.24) is 0 Å². The van der Waals surface area contributed by atoms with Gasteiger partial charge in [-0.2, -0.15) is 0 Å². The molecule has 1 nitrogen and oxygen atoms in total. The van der Waals surface area contributed by atoms with E-state index in [1.807, 2.05) is 0 Å². The zero-order valence-electron chi connectivity index (χ0n) is 27.7. The zero-order chi connectivity index (χ0) is 33.3. The second-order valence-corrected chi connectivity index (χ2v) is 16.6. The highest BCUT2D eigenvalue weighted by molar-refractivity contribution is 7.22. The van der Waals surface area contributed by atoms with Gasteiger partial charge in [0, 0.05) is 17.1 Å². The summed E-state index contributed by atoms with van der Waals surface area (Å²) < 4.78 is 0. The molecule has 1 aliphatic rings. The maximum absolute atomic E-state index is 2.55. The predicted molar refractivity (Wildman–Crippen MR) is 215 cm³/mol. The molecule has 0 radical (unpaired) electrons. The molecule has 0 saturated heterocycles. The van der Waals surface area contributed by atoms with Crippen LogP contribution in [0, 0.1) is 0 Å². The lowest BCUT2D eigenvalue weighted by molar-refractivity contribution is 1.28. The first kappa shape index (κ1) is 29.9. The van der Waals surface area contributed by atoms with Crippen molar-refractivity contribution in [2.75, 3.05) is 4.90 Å². The summed E-state index contributed by atoms with van der Waals surface area (Å²) in [4.78, 5) is 2.38. The lowest BCUT2D eigenvalue weighted by Gasteiger charge is -2.32. The molecule has 0 bridgehead atoms. The Labute approximate surface area is 295 Å². The Morgan fingerprint density at radius 2 is 0.580 bits per heavy atom. The van der Waals surface area contributed by atoms with Crippen LogP contribution < -0.4 is 25.6 Å². The van der Waals surface area contributed by atoms with Crippen molar-refractivity contribution in [3.63, 3.8) is 0 Å². The fourth-order valence-electron chi connectivity index (χ4n) is 7.89. The van der Waals surface area contributed by atoms with Gasteiger partial charge in [-0.15, -0.1) is 0 Å². The van der Waals surface area contributed by atoms with Gasteiger partial charge in [0.15, 0.2) is 8.07 Å². The molecule has 0 amide bonds. The second kappa shape index (κ2) is 12.7. The molecular formula is C48H35NSi. The van der Waals surface area contributed by atoms with Crippen molar-refractivity contribution in [3.05, 3.63) is 212 Å². The number of hydrogen-bond acceptors (Lipinski definition) is 1. The molecule has 0 unspecified atom stereocenters. The molecule has 9 rings (SSSR count). The standard InChI is InChI=1S/C48H35NSi/c1-4-14-36(15-5-1)38-24-28-40(29-25-38)49(41-30-26-39(27-31-41)37-16-6-2-7-17-37)42-32-34-44(35-33-42)50(43-18-8-3-9-19-43)47-22-12-10-20-45(47)46-21-11-13-23-48(46)50/h1-35H. The Morgan fingerprint density at radius 1 is 0.260 bits per heavy atom. The van der Waals surface area contributed by atoms with Crippen LogP contribution in [0.1, 0.15) is 0 Å². The van der Waals surface area contributed by atoms with E-state index in [2.05, 4.69) is 217 Å². The van der Waals surface area contributed by atoms with E-state index in [9.17, 15) is 0 Å². The van der Waals surface area contributed by atoms with Gasteiger partial charge in [-0.1, -0.05) is 176 Å². The van der Waals surface area contributed by atoms with Gasteiger partial charge in [0.1, 0.15) is 0 Å². The topological polar surface area (TPSA) is 3.24 Å². The van der Waals surface area contributed by atoms with Crippen LogP contribution >= 0.6 is 0 Å². The Morgan fingerprint density at radius 3 is 1.02 bits per heavy atom. The third kappa shape index (κ3) is 5.01. The number of nitrogens with zero attached hydrogens (tertiary/aromatic N) is 1. The molecule has 8 aromatic rings. The number of benzene rings is 8. The summed E-state index contributed by atoms with van der Waals surface area (Å²) in [7, 11) is -2.55. The van der Waals surface area contributed by atoms with Gasteiger partial charge >= 0.3 is 0 Å². The van der Waals surface area contributed by atoms with Crippen LogP contribution in [-0.2, 0) is 0 Å². The van der Waals surface area contributed by atoms with Gasteiger partial charge in [-0.3, -0.25) is 0 Å². The molecule has 8 aromatic carbocycles. The van der Waals surface area contributed by atoms with E-state index in [0.29, 0.717) is 0 Å². The number of hydrogen-bond donors (Lipinski definition) is 0. The largest absolute Gasteiger partial charge is 0.311 e. The maximum atomic E-state index is 2.40. The second-order valence-electron chi connectivity index (χ2n) is 12.9. The predicted octanol–water partition coefficient (Wildman–Crippen LogP) is 9.85. The highest BCUT2D eigenvalue weighted by atomic mass is 28.3. The number of rotatable bonds is 7. The van der Waals surface area contributed by atoms with Crippen molar-refractivity contribution in [1.29, 1.82) is 0 Å². The highest BCUT2D eigenvalue weighted by Gasteiger charge is 2.48. The molecule has 0 fully saturated rings. The molecule has 1 aliphatic heterocycles. The minimum Gasteiger partial charge on any atom is -0.311 e. The van der Waals surface area contributed by atoms with Crippen molar-refractivity contribution in [2.24, 2.45) is 0 Å². The summed E-state index contributed by atoms with van der Waals surface area (Å²) in [6, 6.07) is 77.9. The molecule has 50 heavy (non-hydrogen) atoms. The SMILES string of the molecule is c1ccc(-c2ccc(N(c3ccc(-c4ccccc4)cc3)c3ccc([Si]4(c5ccccc5)c5ccccc5-c5ccccc54)cc3)cc2)cc1. The fraction of sp³-hybridized carbons (Fsp3) is 0. The van der Waals surface area contributed by atoms with E-state index in [0.717, 1.165) is 17.1 Å². The Balaban J connectivity index is 1.18. The van der Waals surface area contributed by atoms with Crippen molar-refractivity contribution >= 4 is 45.9 Å². The van der Waals surface area contributed by atoms with Gasteiger partial charge in [0.05, 0.1) is 0 Å². The van der Waals surface area contributed by atoms with E-state index in [-0.39, 0.29) is 0 Å². The van der Waals surface area contributed by atoms with E-state index in [1.165, 1.54) is 54.1 Å². The molecule has 236 valence electrons. The van der Waals surface area contributed by atoms with E-state index in [4.69, 9.17) is 0 Å². The molecule has 0 atom stereocenters. The summed E-state index contributed by atoms with van der Waals surface area (Å²) in [5.41, 5.74) is 10.9. The maximum Gasteiger partial charge on any atom is 0.180 e. The average molecular weight is 654 g/mol. The minimum absolute atomic E-state index is 1.12. The molecule has 1 heterocycles. The molecule has 2 heteroatoms. The summed E-state index contributed by atoms with van der Waals surface area (Å²) in [6.45, 7) is 0. The third-order valence-electron chi connectivity index (χ3n) is 10.2. The zero-order valence-corrected chi connectivity index (χ0v) is 28.7. The molecule has 0 aromatic heterocycles. The molecule has 0 spiro atoms. The number of fused-ring (bicyclic) bond motifs is 3. The quantitative estimate of drug-likeness (QED) is 0.155. The van der Waals surface area contributed by atoms with E-state index in [1.54, 1.807) is 0 Å². The lowest BCUT2D eigenvalue weighted by Crippen LogP contribution is -2.72. The van der Waals surface area contributed by atoms with Crippen LogP contribution in [0.4, 0.5) is 17.1 Å². The van der Waals surface area contributed by atoms with Crippen molar-refractivity contribution in [3.8, 4) is 33.4 Å². The lowest BCUT2D eigenvalue weighted by atomic mass is 10.0. The monoisotopic (exact) mass is 653 g/mol. The van der Waals surface area contributed by atoms with Gasteiger partial charge < -0.3 is 4.90 Å². The van der Waals surface area contributed by atoms with E-state index >= 15 is 0 Å². The van der Waals surface area contributed by atoms with Crippen molar-refractivity contribution in [2.45, 2.75) is 0 Å². The fourth-order valence-corrected chi connectivity index (χ4v) is 13.0. The molecular weight excluding hydrogens is 619 g/mol. The normalized spacial score (nSPS) is 12.6. The number of anilines is 3. The Kier molecular flexibility index (Phi) is 7.57. The first-order valence-electron chi connectivity index (χ1n) is 17.3. The Hall–Kier alpha value is -6.22. The minimum atomic E-state index is -2.55. The van der Waals surface area contributed by atoms with Gasteiger partial charge in [-0.05, 0) is 90.5 Å². The Bertz CT molecular complexity index is 2260. The van der Waals surface area contributed by atoms with Gasteiger partial charge in [0.2, 0.25) is 0 Å². The summed E-state index contributed by atoms with van der Waals surface area (Å²) >= 11 is 0.